The SMILES string of the molecule is O=C(COc1ccc(/C=C2/N=C(c3ccccc3)OC2=O)cc1)Nc1cccc(C(F)(F)F)c1. The third-order valence-corrected chi connectivity index (χ3v) is 4.67. The molecule has 0 bridgehead atoms. The largest absolute Gasteiger partial charge is 0.484 e. The Labute approximate surface area is 192 Å². The summed E-state index contributed by atoms with van der Waals surface area (Å²) < 4.78 is 48.9. The van der Waals surface area contributed by atoms with E-state index >= 15 is 0 Å². The standard InChI is InChI=1S/C25H17F3N2O4/c26-25(27,28)18-7-4-8-19(14-18)29-22(31)15-33-20-11-9-16(10-12-20)13-21-24(32)34-23(30-21)17-5-2-1-3-6-17/h1-14H,15H2,(H,29,31)/b21-13+. The predicted octanol–water partition coefficient (Wildman–Crippen LogP) is 5.07. The molecule has 0 unspecified atom stereocenters. The quantitative estimate of drug-likeness (QED) is 0.407. The number of nitrogens with one attached hydrogen (secondary N) is 1. The van der Waals surface area contributed by atoms with Crippen LogP contribution in [0.4, 0.5) is 18.9 Å². The smallest absolute Gasteiger partial charge is 0.416 e. The van der Waals surface area contributed by atoms with Crippen molar-refractivity contribution in [3.8, 4) is 5.75 Å². The molecule has 0 saturated carbocycles. The Balaban J connectivity index is 1.35. The van der Waals surface area contributed by atoms with Crippen LogP contribution in [0.25, 0.3) is 6.08 Å². The highest BCUT2D eigenvalue weighted by molar-refractivity contribution is 6.12. The topological polar surface area (TPSA) is 77.0 Å². The molecule has 0 fully saturated rings. The van der Waals surface area contributed by atoms with Crippen LogP contribution in [0.15, 0.2) is 89.6 Å². The minimum atomic E-state index is -4.50. The number of amides is 1. The Kier molecular flexibility index (Phi) is 6.44. The molecule has 1 aliphatic rings. The van der Waals surface area contributed by atoms with Crippen molar-refractivity contribution in [2.45, 2.75) is 6.18 Å². The molecular weight excluding hydrogens is 449 g/mol. The van der Waals surface area contributed by atoms with Gasteiger partial charge in [-0.15, -0.1) is 0 Å². The first-order valence-electron chi connectivity index (χ1n) is 10.1. The van der Waals surface area contributed by atoms with Crippen molar-refractivity contribution in [2.75, 3.05) is 11.9 Å². The van der Waals surface area contributed by atoms with Crippen LogP contribution in [0.5, 0.6) is 5.75 Å². The second-order valence-corrected chi connectivity index (χ2v) is 7.19. The van der Waals surface area contributed by atoms with Gasteiger partial charge in [0.2, 0.25) is 5.90 Å². The van der Waals surface area contributed by atoms with Crippen LogP contribution in [-0.2, 0) is 20.5 Å². The van der Waals surface area contributed by atoms with Crippen molar-refractivity contribution in [3.63, 3.8) is 0 Å². The minimum absolute atomic E-state index is 0.0178. The molecule has 1 aliphatic heterocycles. The molecule has 0 radical (unpaired) electrons. The number of aliphatic imine (C=N–C) groups is 1. The monoisotopic (exact) mass is 466 g/mol. The Morgan fingerprint density at radius 1 is 1.00 bits per heavy atom. The number of alkyl halides is 3. The highest BCUT2D eigenvalue weighted by Gasteiger charge is 2.30. The summed E-state index contributed by atoms with van der Waals surface area (Å²) in [5.74, 6) is -0.583. The maximum Gasteiger partial charge on any atom is 0.416 e. The van der Waals surface area contributed by atoms with E-state index in [1.807, 2.05) is 18.2 Å². The van der Waals surface area contributed by atoms with Crippen LogP contribution in [-0.4, -0.2) is 24.4 Å². The van der Waals surface area contributed by atoms with E-state index < -0.39 is 30.2 Å². The van der Waals surface area contributed by atoms with Gasteiger partial charge in [0.05, 0.1) is 5.56 Å². The number of nitrogens with zero attached hydrogens (tertiary/aromatic N) is 1. The third-order valence-electron chi connectivity index (χ3n) is 4.67. The lowest BCUT2D eigenvalue weighted by Gasteiger charge is -2.10. The molecule has 9 heteroatoms. The third kappa shape index (κ3) is 5.69. The van der Waals surface area contributed by atoms with Crippen molar-refractivity contribution >= 4 is 29.5 Å². The molecule has 0 aliphatic carbocycles. The Hall–Kier alpha value is -4.40. The van der Waals surface area contributed by atoms with Crippen LogP contribution < -0.4 is 10.1 Å². The number of carbonyl (C=O) groups excluding carboxylic acids is 2. The first-order chi connectivity index (χ1) is 16.3. The van der Waals surface area contributed by atoms with Gasteiger partial charge in [-0.3, -0.25) is 4.79 Å². The molecule has 1 heterocycles. The molecule has 34 heavy (non-hydrogen) atoms. The van der Waals surface area contributed by atoms with Crippen molar-refractivity contribution in [3.05, 3.63) is 101 Å². The summed E-state index contributed by atoms with van der Waals surface area (Å²) in [5, 5.41) is 2.37. The number of hydrogen-bond acceptors (Lipinski definition) is 5. The Bertz CT molecular complexity index is 1270. The van der Waals surface area contributed by atoms with Crippen molar-refractivity contribution in [1.29, 1.82) is 0 Å². The fourth-order valence-corrected chi connectivity index (χ4v) is 3.05. The van der Waals surface area contributed by atoms with Gasteiger partial charge < -0.3 is 14.8 Å². The van der Waals surface area contributed by atoms with Crippen LogP contribution in [0.1, 0.15) is 16.7 Å². The van der Waals surface area contributed by atoms with E-state index in [-0.39, 0.29) is 17.3 Å². The van der Waals surface area contributed by atoms with Crippen LogP contribution in [0, 0.1) is 0 Å². The number of hydrogen-bond donors (Lipinski definition) is 1. The normalized spacial score (nSPS) is 14.5. The molecule has 0 atom stereocenters. The molecule has 1 amide bonds. The Morgan fingerprint density at radius 3 is 2.44 bits per heavy atom. The van der Waals surface area contributed by atoms with Gasteiger partial charge in [0, 0.05) is 11.3 Å². The number of carbonyl (C=O) groups is 2. The summed E-state index contributed by atoms with van der Waals surface area (Å²) in [7, 11) is 0. The van der Waals surface area contributed by atoms with E-state index in [9.17, 15) is 22.8 Å². The van der Waals surface area contributed by atoms with E-state index in [2.05, 4.69) is 10.3 Å². The maximum absolute atomic E-state index is 12.8. The fraction of sp³-hybridized carbons (Fsp3) is 0.0800. The lowest BCUT2D eigenvalue weighted by Crippen LogP contribution is -2.20. The second kappa shape index (κ2) is 9.62. The number of cyclic esters (lactones) is 1. The molecule has 0 saturated heterocycles. The maximum atomic E-state index is 12.8. The van der Waals surface area contributed by atoms with Crippen molar-refractivity contribution in [2.24, 2.45) is 4.99 Å². The van der Waals surface area contributed by atoms with Gasteiger partial charge in [-0.25, -0.2) is 9.79 Å². The molecule has 6 nitrogen and oxygen atoms in total. The van der Waals surface area contributed by atoms with E-state index in [0.717, 1.165) is 12.1 Å². The zero-order chi connectivity index (χ0) is 24.1. The van der Waals surface area contributed by atoms with Gasteiger partial charge >= 0.3 is 12.1 Å². The summed E-state index contributed by atoms with van der Waals surface area (Å²) in [4.78, 5) is 28.4. The molecular formula is C25H17F3N2O4. The molecule has 4 rings (SSSR count). The van der Waals surface area contributed by atoms with E-state index in [1.54, 1.807) is 42.5 Å². The van der Waals surface area contributed by atoms with Crippen LogP contribution >= 0.6 is 0 Å². The van der Waals surface area contributed by atoms with E-state index in [1.165, 1.54) is 12.1 Å². The number of anilines is 1. The number of ether oxygens (including phenoxy) is 2. The van der Waals surface area contributed by atoms with Gasteiger partial charge in [0.1, 0.15) is 5.75 Å². The predicted molar refractivity (Wildman–Crippen MR) is 119 cm³/mol. The zero-order valence-corrected chi connectivity index (χ0v) is 17.5. The van der Waals surface area contributed by atoms with Gasteiger partial charge in [0.15, 0.2) is 12.3 Å². The first kappa shape index (κ1) is 22.8. The fourth-order valence-electron chi connectivity index (χ4n) is 3.05. The number of halogens is 3. The summed E-state index contributed by atoms with van der Waals surface area (Å²) in [6, 6.07) is 19.9. The van der Waals surface area contributed by atoms with E-state index in [4.69, 9.17) is 9.47 Å². The second-order valence-electron chi connectivity index (χ2n) is 7.19. The highest BCUT2D eigenvalue weighted by Crippen LogP contribution is 2.30. The number of rotatable bonds is 6. The molecule has 3 aromatic carbocycles. The van der Waals surface area contributed by atoms with E-state index in [0.29, 0.717) is 16.9 Å². The summed E-state index contributed by atoms with van der Waals surface area (Å²) in [5.41, 5.74) is 0.650. The van der Waals surface area contributed by atoms with Gasteiger partial charge in [-0.1, -0.05) is 36.4 Å². The zero-order valence-electron chi connectivity index (χ0n) is 17.5. The van der Waals surface area contributed by atoms with Crippen molar-refractivity contribution < 1.29 is 32.2 Å². The average Bonchev–Trinajstić information content (AvgIpc) is 3.19. The first-order valence-corrected chi connectivity index (χ1v) is 10.1. The van der Waals surface area contributed by atoms with Crippen LogP contribution in [0.3, 0.4) is 0 Å². The lowest BCUT2D eigenvalue weighted by molar-refractivity contribution is -0.137. The summed E-state index contributed by atoms with van der Waals surface area (Å²) in [6.07, 6.45) is -2.94. The summed E-state index contributed by atoms with van der Waals surface area (Å²) in [6.45, 7) is -0.395. The van der Waals surface area contributed by atoms with Gasteiger partial charge in [-0.2, -0.15) is 13.2 Å². The highest BCUT2D eigenvalue weighted by atomic mass is 19.4. The number of esters is 1. The molecule has 0 aromatic heterocycles. The lowest BCUT2D eigenvalue weighted by atomic mass is 10.2. The molecule has 3 aromatic rings. The molecule has 172 valence electrons. The van der Waals surface area contributed by atoms with Gasteiger partial charge in [0.25, 0.3) is 5.91 Å². The Morgan fingerprint density at radius 2 is 1.74 bits per heavy atom. The minimum Gasteiger partial charge on any atom is -0.484 e. The summed E-state index contributed by atoms with van der Waals surface area (Å²) >= 11 is 0. The molecule has 0 spiro atoms. The number of benzene rings is 3. The molecule has 1 N–H and O–H groups in total. The van der Waals surface area contributed by atoms with Crippen molar-refractivity contribution in [1.82, 2.24) is 0 Å². The van der Waals surface area contributed by atoms with Crippen LogP contribution in [0.2, 0.25) is 0 Å². The average molecular weight is 466 g/mol. The van der Waals surface area contributed by atoms with Gasteiger partial charge in [-0.05, 0) is 54.1 Å².